The normalized spacial score (nSPS) is 27.6. The molecule has 1 fully saturated rings. The van der Waals surface area contributed by atoms with Gasteiger partial charge in [-0.3, -0.25) is 5.01 Å². The van der Waals surface area contributed by atoms with E-state index in [0.29, 0.717) is 6.04 Å². The van der Waals surface area contributed by atoms with E-state index in [-0.39, 0.29) is 0 Å². The highest BCUT2D eigenvalue weighted by atomic mass is 28.3. The van der Waals surface area contributed by atoms with Gasteiger partial charge in [0.05, 0.1) is 26.4 Å². The largest absolute Gasteiger partial charge is 0.382 e. The third-order valence-corrected chi connectivity index (χ3v) is 12.7. The van der Waals surface area contributed by atoms with Crippen LogP contribution in [0.4, 0.5) is 0 Å². The number of hydrogen-bond donors (Lipinski definition) is 0. The van der Waals surface area contributed by atoms with Crippen molar-refractivity contribution in [2.75, 3.05) is 20.3 Å². The SMILES string of the molecule is CC[Si](CC)(CC)[C@@H]1CCC=C(C)/C1=N/N1CCC[C@H]1COC. The van der Waals surface area contributed by atoms with Gasteiger partial charge in [-0.1, -0.05) is 45.0 Å². The Hall–Kier alpha value is -0.613. The van der Waals surface area contributed by atoms with Crippen molar-refractivity contribution in [3.63, 3.8) is 0 Å². The smallest absolute Gasteiger partial charge is 0.0704 e. The molecule has 1 saturated heterocycles. The minimum atomic E-state index is -1.26. The van der Waals surface area contributed by atoms with Gasteiger partial charge >= 0.3 is 0 Å². The predicted molar refractivity (Wildman–Crippen MR) is 103 cm³/mol. The molecule has 0 spiro atoms. The molecule has 0 aromatic heterocycles. The molecule has 4 heteroatoms. The van der Waals surface area contributed by atoms with Crippen LogP contribution in [-0.4, -0.2) is 45.1 Å². The van der Waals surface area contributed by atoms with E-state index in [2.05, 4.69) is 38.8 Å². The summed E-state index contributed by atoms with van der Waals surface area (Å²) in [6.07, 6.45) is 7.44. The fraction of sp³-hybridized carbons (Fsp3) is 0.842. The highest BCUT2D eigenvalue weighted by Crippen LogP contribution is 2.42. The Morgan fingerprint density at radius 1 is 1.22 bits per heavy atom. The third-order valence-electron chi connectivity index (χ3n) is 6.43. The summed E-state index contributed by atoms with van der Waals surface area (Å²) >= 11 is 0. The van der Waals surface area contributed by atoms with Gasteiger partial charge in [0.25, 0.3) is 0 Å². The van der Waals surface area contributed by atoms with Crippen LogP contribution in [0, 0.1) is 0 Å². The van der Waals surface area contributed by atoms with Crippen LogP contribution in [0.2, 0.25) is 23.7 Å². The average molecular weight is 337 g/mol. The van der Waals surface area contributed by atoms with Gasteiger partial charge in [0, 0.05) is 13.7 Å². The van der Waals surface area contributed by atoms with Crippen LogP contribution >= 0.6 is 0 Å². The van der Waals surface area contributed by atoms with Crippen LogP contribution in [-0.2, 0) is 4.74 Å². The fourth-order valence-electron chi connectivity index (χ4n) is 4.67. The molecule has 3 nitrogen and oxygen atoms in total. The molecular weight excluding hydrogens is 300 g/mol. The van der Waals surface area contributed by atoms with E-state index in [0.717, 1.165) is 18.7 Å². The summed E-state index contributed by atoms with van der Waals surface area (Å²) in [6, 6.07) is 4.64. The second-order valence-electron chi connectivity index (χ2n) is 7.34. The first-order chi connectivity index (χ1) is 11.1. The number of rotatable bonds is 7. The van der Waals surface area contributed by atoms with Gasteiger partial charge in [-0.25, -0.2) is 0 Å². The second-order valence-corrected chi connectivity index (χ2v) is 12.9. The maximum atomic E-state index is 5.41. The maximum Gasteiger partial charge on any atom is 0.0704 e. The highest BCUT2D eigenvalue weighted by Gasteiger charge is 2.41. The summed E-state index contributed by atoms with van der Waals surface area (Å²) in [6.45, 7) is 11.5. The lowest BCUT2D eigenvalue weighted by molar-refractivity contribution is 0.118. The van der Waals surface area contributed by atoms with Gasteiger partial charge in [0.2, 0.25) is 0 Å². The van der Waals surface area contributed by atoms with E-state index in [1.54, 1.807) is 7.11 Å². The first kappa shape index (κ1) is 18.7. The molecule has 132 valence electrons. The molecule has 1 aliphatic heterocycles. The van der Waals surface area contributed by atoms with Crippen LogP contribution < -0.4 is 0 Å². The Bertz CT molecular complexity index is 434. The van der Waals surface area contributed by atoms with Gasteiger partial charge in [-0.2, -0.15) is 5.10 Å². The molecule has 1 aliphatic carbocycles. The molecule has 0 radical (unpaired) electrons. The lowest BCUT2D eigenvalue weighted by Gasteiger charge is -2.40. The molecule has 1 heterocycles. The van der Waals surface area contributed by atoms with E-state index in [9.17, 15) is 0 Å². The van der Waals surface area contributed by atoms with Gasteiger partial charge in [0.15, 0.2) is 0 Å². The van der Waals surface area contributed by atoms with Crippen molar-refractivity contribution in [2.45, 2.75) is 83.1 Å². The van der Waals surface area contributed by atoms with E-state index < -0.39 is 8.07 Å². The molecule has 0 N–H and O–H groups in total. The van der Waals surface area contributed by atoms with Gasteiger partial charge < -0.3 is 4.74 Å². The molecular formula is C19H36N2OSi. The van der Waals surface area contributed by atoms with E-state index in [1.807, 2.05) is 0 Å². The number of ether oxygens (including phenoxy) is 1. The zero-order chi connectivity index (χ0) is 16.9. The van der Waals surface area contributed by atoms with Crippen molar-refractivity contribution < 1.29 is 4.74 Å². The highest BCUT2D eigenvalue weighted by molar-refractivity contribution is 6.84. The standard InChI is InChI=1S/C19H36N2OSi/c1-6-23(7-2,8-3)18-13-9-11-16(4)19(18)20-21-14-10-12-17(21)15-22-5/h11,17-18H,6-10,12-15H2,1-5H3/b20-19-/t17-,18+/m0/s1. The molecule has 0 amide bonds. The fourth-order valence-corrected chi connectivity index (χ4v) is 9.29. The van der Waals surface area contributed by atoms with Crippen molar-refractivity contribution in [2.24, 2.45) is 5.10 Å². The molecule has 2 rings (SSSR count). The summed E-state index contributed by atoms with van der Waals surface area (Å²) in [5.74, 6) is 0. The number of hydrogen-bond acceptors (Lipinski definition) is 3. The van der Waals surface area contributed by atoms with Crippen LogP contribution in [0.3, 0.4) is 0 Å². The van der Waals surface area contributed by atoms with E-state index >= 15 is 0 Å². The third kappa shape index (κ3) is 3.90. The first-order valence-electron chi connectivity index (χ1n) is 9.63. The quantitative estimate of drug-likeness (QED) is 0.606. The minimum Gasteiger partial charge on any atom is -0.382 e. The van der Waals surface area contributed by atoms with Gasteiger partial charge in [0.1, 0.15) is 0 Å². The Kier molecular flexibility index (Phi) is 6.90. The summed E-state index contributed by atoms with van der Waals surface area (Å²) < 4.78 is 5.41. The summed E-state index contributed by atoms with van der Waals surface area (Å²) in [4.78, 5) is 0. The molecule has 0 aromatic rings. The minimum absolute atomic E-state index is 0.476. The Balaban J connectivity index is 2.32. The number of hydrazone groups is 1. The van der Waals surface area contributed by atoms with Crippen molar-refractivity contribution in [3.8, 4) is 0 Å². The van der Waals surface area contributed by atoms with Crippen molar-refractivity contribution in [3.05, 3.63) is 11.6 Å². The van der Waals surface area contributed by atoms with Crippen molar-refractivity contribution in [1.29, 1.82) is 0 Å². The molecule has 2 atom stereocenters. The van der Waals surface area contributed by atoms with Crippen LogP contribution in [0.1, 0.15) is 53.4 Å². The number of nitrogens with zero attached hydrogens (tertiary/aromatic N) is 2. The Labute approximate surface area is 144 Å². The van der Waals surface area contributed by atoms with Crippen LogP contribution in [0.15, 0.2) is 16.8 Å². The monoisotopic (exact) mass is 336 g/mol. The Morgan fingerprint density at radius 3 is 2.52 bits per heavy atom. The zero-order valence-electron chi connectivity index (χ0n) is 15.9. The molecule has 23 heavy (non-hydrogen) atoms. The number of methoxy groups -OCH3 is 1. The van der Waals surface area contributed by atoms with E-state index in [4.69, 9.17) is 9.84 Å². The lowest BCUT2D eigenvalue weighted by atomic mass is 9.98. The molecule has 0 unspecified atom stereocenters. The Morgan fingerprint density at radius 2 is 1.91 bits per heavy atom. The van der Waals surface area contributed by atoms with Crippen molar-refractivity contribution >= 4 is 13.8 Å². The molecule has 2 aliphatic rings. The predicted octanol–water partition coefficient (Wildman–Crippen LogP) is 5.07. The van der Waals surface area contributed by atoms with Crippen LogP contribution in [0.25, 0.3) is 0 Å². The van der Waals surface area contributed by atoms with Crippen molar-refractivity contribution in [1.82, 2.24) is 5.01 Å². The summed E-state index contributed by atoms with van der Waals surface area (Å²) in [5, 5.41) is 7.59. The van der Waals surface area contributed by atoms with Gasteiger partial charge in [-0.15, -0.1) is 0 Å². The summed E-state index contributed by atoms with van der Waals surface area (Å²) in [5.41, 5.74) is 3.62. The molecule has 0 aromatic carbocycles. The average Bonchev–Trinajstić information content (AvgIpc) is 3.00. The topological polar surface area (TPSA) is 24.8 Å². The molecule has 0 bridgehead atoms. The van der Waals surface area contributed by atoms with E-state index in [1.165, 1.54) is 55.1 Å². The second kappa shape index (κ2) is 8.47. The molecule has 0 saturated carbocycles. The summed E-state index contributed by atoms with van der Waals surface area (Å²) in [7, 11) is 0.544. The lowest BCUT2D eigenvalue weighted by Crippen LogP contribution is -2.44. The number of allylic oxidation sites excluding steroid dienone is 2. The van der Waals surface area contributed by atoms with Gasteiger partial charge in [-0.05, 0) is 43.7 Å². The zero-order valence-corrected chi connectivity index (χ0v) is 16.9. The van der Waals surface area contributed by atoms with Crippen LogP contribution in [0.5, 0.6) is 0 Å². The first-order valence-corrected chi connectivity index (χ1v) is 12.3. The maximum absolute atomic E-state index is 5.41.